The Labute approximate surface area is 83.9 Å². The number of rotatable bonds is 0. The minimum atomic E-state index is -1.24. The van der Waals surface area contributed by atoms with E-state index in [-0.39, 0.29) is 5.91 Å². The van der Waals surface area contributed by atoms with Gasteiger partial charge in [-0.1, -0.05) is 12.1 Å². The van der Waals surface area contributed by atoms with Gasteiger partial charge in [0.15, 0.2) is 5.72 Å². The molecular weight excluding hydrogens is 234 g/mol. The maximum atomic E-state index is 11.4. The summed E-state index contributed by atoms with van der Waals surface area (Å²) in [5.74, 6) is -0.243. The molecule has 0 bridgehead atoms. The van der Waals surface area contributed by atoms with Crippen molar-refractivity contribution in [1.29, 1.82) is 0 Å². The minimum absolute atomic E-state index is 0.243. The smallest absolute Gasteiger partial charge is 0.255 e. The van der Waals surface area contributed by atoms with Crippen LogP contribution in [-0.2, 0) is 5.72 Å². The number of nitrogens with one attached hydrogen (secondary N) is 1. The Bertz CT molecular complexity index is 387. The standard InChI is InChI=1S/C9H8BrNO2/c1-9(13)5-3-2-4-6(10)7(5)8(12)11-9/h2-4,13H,1H3,(H,11,12). The number of fused-ring (bicyclic) bond motifs is 1. The number of amides is 1. The van der Waals surface area contributed by atoms with Gasteiger partial charge in [0.1, 0.15) is 0 Å². The van der Waals surface area contributed by atoms with Crippen LogP contribution in [0.4, 0.5) is 0 Å². The molecule has 1 aliphatic heterocycles. The summed E-state index contributed by atoms with van der Waals surface area (Å²) in [7, 11) is 0. The van der Waals surface area contributed by atoms with Crippen molar-refractivity contribution in [1.82, 2.24) is 5.32 Å². The van der Waals surface area contributed by atoms with Crippen LogP contribution in [0.15, 0.2) is 22.7 Å². The van der Waals surface area contributed by atoms with Gasteiger partial charge in [0.25, 0.3) is 5.91 Å². The van der Waals surface area contributed by atoms with Gasteiger partial charge in [0.2, 0.25) is 0 Å². The van der Waals surface area contributed by atoms with Gasteiger partial charge >= 0.3 is 0 Å². The molecule has 1 unspecified atom stereocenters. The first-order valence-corrected chi connectivity index (χ1v) is 4.65. The number of carbonyl (C=O) groups is 1. The monoisotopic (exact) mass is 241 g/mol. The number of hydrogen-bond donors (Lipinski definition) is 2. The van der Waals surface area contributed by atoms with Crippen molar-refractivity contribution in [2.45, 2.75) is 12.6 Å². The third-order valence-corrected chi connectivity index (χ3v) is 2.78. The van der Waals surface area contributed by atoms with Gasteiger partial charge in [0.05, 0.1) is 5.56 Å². The maximum Gasteiger partial charge on any atom is 0.255 e. The number of halogens is 1. The number of benzene rings is 1. The van der Waals surface area contributed by atoms with Crippen molar-refractivity contribution >= 4 is 21.8 Å². The fraction of sp³-hybridized carbons (Fsp3) is 0.222. The predicted molar refractivity (Wildman–Crippen MR) is 51.2 cm³/mol. The van der Waals surface area contributed by atoms with Gasteiger partial charge in [-0.2, -0.15) is 0 Å². The molecule has 1 atom stereocenters. The fourth-order valence-electron chi connectivity index (χ4n) is 1.51. The van der Waals surface area contributed by atoms with E-state index in [1.54, 1.807) is 25.1 Å². The van der Waals surface area contributed by atoms with Gasteiger partial charge in [-0.05, 0) is 28.9 Å². The molecule has 4 heteroatoms. The quantitative estimate of drug-likeness (QED) is 0.721. The Morgan fingerprint density at radius 1 is 1.54 bits per heavy atom. The van der Waals surface area contributed by atoms with Crippen LogP contribution >= 0.6 is 15.9 Å². The molecule has 0 aliphatic carbocycles. The normalized spacial score (nSPS) is 25.6. The van der Waals surface area contributed by atoms with E-state index in [0.717, 1.165) is 0 Å². The van der Waals surface area contributed by atoms with Crippen molar-refractivity contribution in [2.24, 2.45) is 0 Å². The van der Waals surface area contributed by atoms with Crippen molar-refractivity contribution in [3.05, 3.63) is 33.8 Å². The van der Waals surface area contributed by atoms with Crippen molar-refractivity contribution in [3.8, 4) is 0 Å². The largest absolute Gasteiger partial charge is 0.367 e. The van der Waals surface area contributed by atoms with Gasteiger partial charge in [-0.25, -0.2) is 0 Å². The number of aliphatic hydroxyl groups is 1. The first-order valence-electron chi connectivity index (χ1n) is 3.86. The molecule has 0 aromatic heterocycles. The summed E-state index contributed by atoms with van der Waals surface area (Å²) in [5, 5.41) is 12.3. The van der Waals surface area contributed by atoms with Crippen LogP contribution in [0.1, 0.15) is 22.8 Å². The Morgan fingerprint density at radius 3 is 2.85 bits per heavy atom. The van der Waals surface area contributed by atoms with E-state index in [0.29, 0.717) is 15.6 Å². The maximum absolute atomic E-state index is 11.4. The Kier molecular flexibility index (Phi) is 1.72. The molecule has 0 saturated heterocycles. The van der Waals surface area contributed by atoms with Crippen LogP contribution in [0.5, 0.6) is 0 Å². The van der Waals surface area contributed by atoms with Crippen molar-refractivity contribution in [3.63, 3.8) is 0 Å². The molecule has 1 aliphatic rings. The molecule has 2 rings (SSSR count). The van der Waals surface area contributed by atoms with E-state index < -0.39 is 5.72 Å². The fourth-order valence-corrected chi connectivity index (χ4v) is 2.06. The van der Waals surface area contributed by atoms with Crippen LogP contribution in [0.25, 0.3) is 0 Å². The summed E-state index contributed by atoms with van der Waals surface area (Å²) in [4.78, 5) is 11.4. The van der Waals surface area contributed by atoms with Crippen LogP contribution in [-0.4, -0.2) is 11.0 Å². The number of carbonyl (C=O) groups excluding carboxylic acids is 1. The van der Waals surface area contributed by atoms with E-state index in [4.69, 9.17) is 0 Å². The van der Waals surface area contributed by atoms with Crippen LogP contribution < -0.4 is 5.32 Å². The second kappa shape index (κ2) is 2.56. The first-order chi connectivity index (χ1) is 6.02. The van der Waals surface area contributed by atoms with Gasteiger partial charge in [-0.15, -0.1) is 0 Å². The Morgan fingerprint density at radius 2 is 2.23 bits per heavy atom. The first kappa shape index (κ1) is 8.72. The summed E-state index contributed by atoms with van der Waals surface area (Å²) in [6.45, 7) is 1.56. The van der Waals surface area contributed by atoms with Crippen LogP contribution in [0.2, 0.25) is 0 Å². The van der Waals surface area contributed by atoms with Crippen LogP contribution in [0.3, 0.4) is 0 Å². The molecule has 3 nitrogen and oxygen atoms in total. The molecule has 1 amide bonds. The highest BCUT2D eigenvalue weighted by atomic mass is 79.9. The molecule has 0 radical (unpaired) electrons. The van der Waals surface area contributed by atoms with E-state index in [9.17, 15) is 9.90 Å². The zero-order valence-corrected chi connectivity index (χ0v) is 8.55. The van der Waals surface area contributed by atoms with Gasteiger partial charge in [-0.3, -0.25) is 4.79 Å². The summed E-state index contributed by atoms with van der Waals surface area (Å²) in [5.41, 5.74) is -0.102. The zero-order valence-electron chi connectivity index (χ0n) is 6.97. The van der Waals surface area contributed by atoms with E-state index in [1.807, 2.05) is 0 Å². The molecule has 0 saturated carbocycles. The summed E-state index contributed by atoms with van der Waals surface area (Å²) in [6.07, 6.45) is 0. The zero-order chi connectivity index (χ0) is 9.64. The highest BCUT2D eigenvalue weighted by Crippen LogP contribution is 2.32. The third kappa shape index (κ3) is 1.17. The second-order valence-corrected chi connectivity index (χ2v) is 4.04. The third-order valence-electron chi connectivity index (χ3n) is 2.12. The molecule has 0 spiro atoms. The van der Waals surface area contributed by atoms with Crippen molar-refractivity contribution < 1.29 is 9.90 Å². The molecule has 13 heavy (non-hydrogen) atoms. The molecule has 2 N–H and O–H groups in total. The topological polar surface area (TPSA) is 49.3 Å². The summed E-state index contributed by atoms with van der Waals surface area (Å²) < 4.78 is 0.709. The van der Waals surface area contributed by atoms with Crippen molar-refractivity contribution in [2.75, 3.05) is 0 Å². The average molecular weight is 242 g/mol. The number of hydrogen-bond acceptors (Lipinski definition) is 2. The van der Waals surface area contributed by atoms with E-state index in [1.165, 1.54) is 0 Å². The van der Waals surface area contributed by atoms with E-state index >= 15 is 0 Å². The van der Waals surface area contributed by atoms with Crippen LogP contribution in [0, 0.1) is 0 Å². The lowest BCUT2D eigenvalue weighted by atomic mass is 10.0. The molecule has 1 aromatic carbocycles. The highest BCUT2D eigenvalue weighted by molar-refractivity contribution is 9.10. The molecule has 68 valence electrons. The average Bonchev–Trinajstić information content (AvgIpc) is 2.24. The molecule has 1 heterocycles. The summed E-state index contributed by atoms with van der Waals surface area (Å²) >= 11 is 3.27. The lowest BCUT2D eigenvalue weighted by Crippen LogP contribution is -2.35. The molecular formula is C9H8BrNO2. The Balaban J connectivity index is 2.72. The van der Waals surface area contributed by atoms with Gasteiger partial charge < -0.3 is 10.4 Å². The highest BCUT2D eigenvalue weighted by Gasteiger charge is 2.37. The molecule has 1 aromatic rings. The summed E-state index contributed by atoms with van der Waals surface area (Å²) in [6, 6.07) is 5.30. The second-order valence-electron chi connectivity index (χ2n) is 3.19. The lowest BCUT2D eigenvalue weighted by molar-refractivity contribution is 0.0301. The van der Waals surface area contributed by atoms with Gasteiger partial charge in [0, 0.05) is 10.0 Å². The lowest BCUT2D eigenvalue weighted by Gasteiger charge is -2.16. The Hall–Kier alpha value is -0.870. The van der Waals surface area contributed by atoms with E-state index in [2.05, 4.69) is 21.2 Å². The molecule has 0 fully saturated rings. The predicted octanol–water partition coefficient (Wildman–Crippen LogP) is 1.36. The SMILES string of the molecule is CC1(O)NC(=O)c2c(Br)cccc21. The minimum Gasteiger partial charge on any atom is -0.367 e.